The molecule has 0 fully saturated rings. The van der Waals surface area contributed by atoms with Crippen LogP contribution in [0, 0.1) is 0 Å². The van der Waals surface area contributed by atoms with Gasteiger partial charge in [-0.05, 0) is 33.7 Å². The molecule has 0 radical (unpaired) electrons. The molecule has 0 atom stereocenters. The Hall–Kier alpha value is -2.54. The molecule has 88 valence electrons. The van der Waals surface area contributed by atoms with Gasteiger partial charge < -0.3 is 5.32 Å². The number of fused-ring (bicyclic) bond motifs is 7. The summed E-state index contributed by atoms with van der Waals surface area (Å²) < 4.78 is 0. The molecule has 1 N–H and O–H groups in total. The Morgan fingerprint density at radius 3 is 1.89 bits per heavy atom. The van der Waals surface area contributed by atoms with Crippen LogP contribution in [-0.2, 0) is 0 Å². The first-order chi connectivity index (χ1) is 9.42. The van der Waals surface area contributed by atoms with Crippen molar-refractivity contribution in [3.63, 3.8) is 0 Å². The maximum Gasteiger partial charge on any atom is 0.0710 e. The minimum atomic E-state index is 1.30. The predicted molar refractivity (Wildman–Crippen MR) is 82.2 cm³/mol. The fourth-order valence-electron chi connectivity index (χ4n) is 3.10. The Bertz CT molecular complexity index is 983. The summed E-state index contributed by atoms with van der Waals surface area (Å²) >= 11 is 0. The van der Waals surface area contributed by atoms with E-state index in [9.17, 15) is 0 Å². The van der Waals surface area contributed by atoms with E-state index in [1.165, 1.54) is 43.7 Å². The van der Waals surface area contributed by atoms with Crippen molar-refractivity contribution in [1.29, 1.82) is 0 Å². The van der Waals surface area contributed by atoms with Gasteiger partial charge in [0.15, 0.2) is 0 Å². The van der Waals surface area contributed by atoms with Crippen LogP contribution in [0.1, 0.15) is 0 Å². The van der Waals surface area contributed by atoms with Crippen LogP contribution in [0.4, 0.5) is 11.4 Å². The monoisotopic (exact) mass is 241 g/mol. The van der Waals surface area contributed by atoms with Crippen molar-refractivity contribution in [2.45, 2.75) is 0 Å². The average Bonchev–Trinajstić information content (AvgIpc) is 3.27. The molecule has 1 heteroatoms. The second kappa shape index (κ2) is 3.07. The molecule has 19 heavy (non-hydrogen) atoms. The van der Waals surface area contributed by atoms with E-state index in [2.05, 4.69) is 66.0 Å². The minimum Gasteiger partial charge on any atom is -0.351 e. The molecule has 0 saturated carbocycles. The van der Waals surface area contributed by atoms with Gasteiger partial charge >= 0.3 is 0 Å². The van der Waals surface area contributed by atoms with Gasteiger partial charge in [0.05, 0.1) is 11.4 Å². The van der Waals surface area contributed by atoms with Gasteiger partial charge in [0.2, 0.25) is 0 Å². The van der Waals surface area contributed by atoms with Gasteiger partial charge in [-0.25, -0.2) is 0 Å². The summed E-state index contributed by atoms with van der Waals surface area (Å²) in [6, 6.07) is 21.8. The highest BCUT2D eigenvalue weighted by Gasteiger charge is 2.23. The van der Waals surface area contributed by atoms with Crippen LogP contribution in [0.2, 0.25) is 0 Å². The highest BCUT2D eigenvalue weighted by atomic mass is 15.0. The van der Waals surface area contributed by atoms with E-state index < -0.39 is 0 Å². The van der Waals surface area contributed by atoms with Crippen LogP contribution in [0.25, 0.3) is 32.3 Å². The topological polar surface area (TPSA) is 21.9 Å². The largest absolute Gasteiger partial charge is 0.351 e. The highest BCUT2D eigenvalue weighted by molar-refractivity contribution is 6.29. The molecule has 5 rings (SSSR count). The second-order valence-electron chi connectivity index (χ2n) is 5.17. The highest BCUT2D eigenvalue weighted by Crippen LogP contribution is 2.51. The SMILES string of the molecule is c1ccc2cc3c(cc2c1)c1c(c2ccccc23)N1. The first kappa shape index (κ1) is 9.40. The third-order valence-corrected chi connectivity index (χ3v) is 4.08. The lowest BCUT2D eigenvalue weighted by Gasteiger charge is -2.04. The molecule has 4 aromatic rings. The Morgan fingerprint density at radius 1 is 0.526 bits per heavy atom. The molecule has 0 unspecified atom stereocenters. The van der Waals surface area contributed by atoms with E-state index >= 15 is 0 Å². The molecule has 1 aliphatic heterocycles. The van der Waals surface area contributed by atoms with E-state index in [0.29, 0.717) is 0 Å². The second-order valence-corrected chi connectivity index (χ2v) is 5.17. The van der Waals surface area contributed by atoms with Crippen LogP contribution >= 0.6 is 0 Å². The van der Waals surface area contributed by atoms with Crippen molar-refractivity contribution < 1.29 is 0 Å². The van der Waals surface area contributed by atoms with E-state index in [-0.39, 0.29) is 0 Å². The first-order valence-electron chi connectivity index (χ1n) is 6.56. The standard InChI is InChI=1S/C18H11N/c1-2-6-12-10-16-15(9-11(12)5-1)13-7-3-4-8-14(13)17-18(16)19-17/h1-10,19H. The summed E-state index contributed by atoms with van der Waals surface area (Å²) in [5.41, 5.74) is 2.61. The smallest absolute Gasteiger partial charge is 0.0710 e. The van der Waals surface area contributed by atoms with E-state index in [0.717, 1.165) is 0 Å². The third kappa shape index (κ3) is 1.14. The van der Waals surface area contributed by atoms with Gasteiger partial charge in [0, 0.05) is 10.8 Å². The van der Waals surface area contributed by atoms with Gasteiger partial charge in [-0.3, -0.25) is 0 Å². The predicted octanol–water partition coefficient (Wildman–Crippen LogP) is 5.20. The van der Waals surface area contributed by atoms with Crippen LogP contribution in [0.3, 0.4) is 0 Å². The summed E-state index contributed by atoms with van der Waals surface area (Å²) in [5.74, 6) is 0. The Morgan fingerprint density at radius 2 is 1.11 bits per heavy atom. The number of benzene rings is 4. The van der Waals surface area contributed by atoms with Gasteiger partial charge in [0.25, 0.3) is 0 Å². The lowest BCUT2D eigenvalue weighted by molar-refractivity contribution is 1.80. The normalized spacial score (nSPS) is 12.6. The molecule has 1 aliphatic rings. The summed E-state index contributed by atoms with van der Waals surface area (Å²) in [4.78, 5) is 0. The molecule has 0 bridgehead atoms. The quantitative estimate of drug-likeness (QED) is 0.224. The van der Waals surface area contributed by atoms with Crippen molar-refractivity contribution >= 4 is 43.7 Å². The van der Waals surface area contributed by atoms with E-state index in [1.54, 1.807) is 0 Å². The van der Waals surface area contributed by atoms with Crippen LogP contribution in [0.5, 0.6) is 0 Å². The summed E-state index contributed by atoms with van der Waals surface area (Å²) in [5, 5.41) is 11.4. The maximum atomic E-state index is 3.44. The zero-order chi connectivity index (χ0) is 12.4. The van der Waals surface area contributed by atoms with Gasteiger partial charge in [-0.2, -0.15) is 0 Å². The summed E-state index contributed by atoms with van der Waals surface area (Å²) in [6.07, 6.45) is 0. The third-order valence-electron chi connectivity index (χ3n) is 4.08. The summed E-state index contributed by atoms with van der Waals surface area (Å²) in [6.45, 7) is 0. The van der Waals surface area contributed by atoms with Crippen molar-refractivity contribution in [2.75, 3.05) is 5.32 Å². The zero-order valence-electron chi connectivity index (χ0n) is 10.3. The molecule has 0 aliphatic carbocycles. The van der Waals surface area contributed by atoms with Gasteiger partial charge in [-0.1, -0.05) is 48.5 Å². The molecule has 0 aromatic heterocycles. The van der Waals surface area contributed by atoms with Gasteiger partial charge in [-0.15, -0.1) is 0 Å². The number of rotatable bonds is 0. The number of anilines is 2. The number of hydrogen-bond donors (Lipinski definition) is 1. The molecule has 1 heterocycles. The average molecular weight is 241 g/mol. The molecular formula is C18H11N. The Kier molecular flexibility index (Phi) is 1.52. The Labute approximate surface area is 110 Å². The zero-order valence-corrected chi connectivity index (χ0v) is 10.3. The number of nitrogens with one attached hydrogen (secondary N) is 1. The molecule has 0 amide bonds. The van der Waals surface area contributed by atoms with Crippen LogP contribution < -0.4 is 5.32 Å². The minimum absolute atomic E-state index is 1.30. The van der Waals surface area contributed by atoms with Crippen LogP contribution in [0.15, 0.2) is 60.7 Å². The molecule has 1 nitrogen and oxygen atoms in total. The van der Waals surface area contributed by atoms with Crippen molar-refractivity contribution in [3.05, 3.63) is 60.7 Å². The lowest BCUT2D eigenvalue weighted by Crippen LogP contribution is -1.76. The molecule has 4 aromatic carbocycles. The van der Waals surface area contributed by atoms with E-state index in [1.807, 2.05) is 0 Å². The molecular weight excluding hydrogens is 230 g/mol. The fraction of sp³-hybridized carbons (Fsp3) is 0. The van der Waals surface area contributed by atoms with Crippen molar-refractivity contribution in [3.8, 4) is 0 Å². The fourth-order valence-corrected chi connectivity index (χ4v) is 3.10. The van der Waals surface area contributed by atoms with Crippen molar-refractivity contribution in [1.82, 2.24) is 0 Å². The lowest BCUT2D eigenvalue weighted by atomic mass is 9.98. The van der Waals surface area contributed by atoms with Crippen LogP contribution in [-0.4, -0.2) is 0 Å². The first-order valence-corrected chi connectivity index (χ1v) is 6.56. The Balaban J connectivity index is 2.11. The van der Waals surface area contributed by atoms with Gasteiger partial charge in [0.1, 0.15) is 0 Å². The maximum absolute atomic E-state index is 3.44. The summed E-state index contributed by atoms with van der Waals surface area (Å²) in [7, 11) is 0. The van der Waals surface area contributed by atoms with Crippen molar-refractivity contribution in [2.24, 2.45) is 0 Å². The molecule has 0 spiro atoms. The number of hydrogen-bond acceptors (Lipinski definition) is 1. The molecule has 0 saturated heterocycles. The van der Waals surface area contributed by atoms with E-state index in [4.69, 9.17) is 0 Å².